The fourth-order valence-electron chi connectivity index (χ4n) is 1.88. The average molecular weight is 287 g/mol. The van der Waals surface area contributed by atoms with Gasteiger partial charge in [-0.3, -0.25) is 0 Å². The quantitative estimate of drug-likeness (QED) is 0.856. The van der Waals surface area contributed by atoms with Gasteiger partial charge < -0.3 is 5.32 Å². The Hall–Kier alpha value is -1.56. The Morgan fingerprint density at radius 3 is 2.21 bits per heavy atom. The van der Waals surface area contributed by atoms with Crippen molar-refractivity contribution in [2.24, 2.45) is 0 Å². The minimum absolute atomic E-state index is 0.154. The molecule has 1 aromatic rings. The number of nitrogens with zero attached hydrogens (tertiary/aromatic N) is 2. The molecule has 0 aliphatic carbocycles. The van der Waals surface area contributed by atoms with Crippen molar-refractivity contribution >= 4 is 10.0 Å². The van der Waals surface area contributed by atoms with Crippen LogP contribution in [0, 0.1) is 23.0 Å². The molecule has 1 fully saturated rings. The number of benzene rings is 1. The number of piperazine rings is 1. The molecule has 0 saturated carbocycles. The zero-order valence-corrected chi connectivity index (χ0v) is 10.7. The summed E-state index contributed by atoms with van der Waals surface area (Å²) in [6, 6.07) is 3.01. The molecule has 0 unspecified atom stereocenters. The summed E-state index contributed by atoms with van der Waals surface area (Å²) < 4.78 is 52.8. The Labute approximate surface area is 109 Å². The molecule has 0 spiro atoms. The molecule has 5 nitrogen and oxygen atoms in total. The monoisotopic (exact) mass is 287 g/mol. The molecule has 1 aliphatic heterocycles. The van der Waals surface area contributed by atoms with Crippen molar-refractivity contribution in [3.8, 4) is 6.07 Å². The number of nitrogens with one attached hydrogen (secondary N) is 1. The summed E-state index contributed by atoms with van der Waals surface area (Å²) in [7, 11) is -4.21. The van der Waals surface area contributed by atoms with E-state index in [1.54, 1.807) is 6.07 Å². The van der Waals surface area contributed by atoms with E-state index in [9.17, 15) is 17.2 Å². The summed E-state index contributed by atoms with van der Waals surface area (Å²) in [5, 5.41) is 11.5. The fraction of sp³-hybridized carbons (Fsp3) is 0.364. The third-order valence-corrected chi connectivity index (χ3v) is 4.75. The molecular weight excluding hydrogens is 276 g/mol. The molecule has 0 radical (unpaired) electrons. The minimum atomic E-state index is -4.21. The van der Waals surface area contributed by atoms with Crippen LogP contribution in [0.4, 0.5) is 8.78 Å². The van der Waals surface area contributed by atoms with Crippen molar-refractivity contribution < 1.29 is 17.2 Å². The molecule has 0 aromatic heterocycles. The number of hydrogen-bond donors (Lipinski definition) is 1. The molecule has 0 bridgehead atoms. The molecule has 2 rings (SSSR count). The van der Waals surface area contributed by atoms with E-state index in [4.69, 9.17) is 5.26 Å². The van der Waals surface area contributed by atoms with Crippen molar-refractivity contribution in [1.29, 1.82) is 5.26 Å². The second kappa shape index (κ2) is 5.21. The summed E-state index contributed by atoms with van der Waals surface area (Å²) >= 11 is 0. The minimum Gasteiger partial charge on any atom is -0.314 e. The van der Waals surface area contributed by atoms with E-state index >= 15 is 0 Å². The number of sulfonamides is 1. The first kappa shape index (κ1) is 13.9. The Morgan fingerprint density at radius 2 is 1.74 bits per heavy atom. The van der Waals surface area contributed by atoms with E-state index in [1.807, 2.05) is 0 Å². The van der Waals surface area contributed by atoms with Gasteiger partial charge in [-0.2, -0.15) is 9.57 Å². The molecule has 8 heteroatoms. The number of rotatable bonds is 2. The van der Waals surface area contributed by atoms with Crippen LogP contribution in [0.1, 0.15) is 5.56 Å². The van der Waals surface area contributed by atoms with Crippen molar-refractivity contribution in [3.05, 3.63) is 29.3 Å². The molecular formula is C11H11F2N3O2S. The first-order valence-electron chi connectivity index (χ1n) is 5.57. The zero-order valence-electron chi connectivity index (χ0n) is 9.86. The zero-order chi connectivity index (χ0) is 14.0. The number of nitriles is 1. The van der Waals surface area contributed by atoms with Crippen molar-refractivity contribution in [1.82, 2.24) is 9.62 Å². The van der Waals surface area contributed by atoms with Gasteiger partial charge in [0.25, 0.3) is 0 Å². The summed E-state index contributed by atoms with van der Waals surface area (Å²) in [5.41, 5.74) is -0.255. The molecule has 0 amide bonds. The van der Waals surface area contributed by atoms with Crippen LogP contribution in [-0.2, 0) is 10.0 Å². The lowest BCUT2D eigenvalue weighted by atomic mass is 10.2. The van der Waals surface area contributed by atoms with Crippen LogP contribution >= 0.6 is 0 Å². The molecule has 19 heavy (non-hydrogen) atoms. The van der Waals surface area contributed by atoms with E-state index in [0.29, 0.717) is 13.1 Å². The lowest BCUT2D eigenvalue weighted by molar-refractivity contribution is 0.355. The Morgan fingerprint density at radius 1 is 1.21 bits per heavy atom. The van der Waals surface area contributed by atoms with E-state index in [1.165, 1.54) is 0 Å². The largest absolute Gasteiger partial charge is 0.314 e. The van der Waals surface area contributed by atoms with Gasteiger partial charge in [0.1, 0.15) is 11.6 Å². The molecule has 0 atom stereocenters. The summed E-state index contributed by atoms with van der Waals surface area (Å²) in [4.78, 5) is -0.992. The summed E-state index contributed by atoms with van der Waals surface area (Å²) in [6.07, 6.45) is 0. The SMILES string of the molecule is N#Cc1cc(F)c(S(=O)(=O)N2CCNCC2)c(F)c1. The van der Waals surface area contributed by atoms with Crippen LogP contribution in [-0.4, -0.2) is 38.9 Å². The maximum Gasteiger partial charge on any atom is 0.249 e. The van der Waals surface area contributed by atoms with Gasteiger partial charge in [0, 0.05) is 26.2 Å². The van der Waals surface area contributed by atoms with Crippen LogP contribution in [0.25, 0.3) is 0 Å². The van der Waals surface area contributed by atoms with E-state index in [2.05, 4.69) is 5.32 Å². The third-order valence-electron chi connectivity index (χ3n) is 2.80. The van der Waals surface area contributed by atoms with Crippen LogP contribution < -0.4 is 5.32 Å². The van der Waals surface area contributed by atoms with Gasteiger partial charge >= 0.3 is 0 Å². The highest BCUT2D eigenvalue weighted by Crippen LogP contribution is 2.24. The first-order chi connectivity index (χ1) is 8.96. The standard InChI is InChI=1S/C11H11F2N3O2S/c12-9-5-8(7-14)6-10(13)11(9)19(17,18)16-3-1-15-2-4-16/h5-6,15H,1-4H2. The van der Waals surface area contributed by atoms with Crippen LogP contribution in [0.5, 0.6) is 0 Å². The predicted octanol–water partition coefficient (Wildman–Crippen LogP) is 0.430. The fourth-order valence-corrected chi connectivity index (χ4v) is 3.42. The Balaban J connectivity index is 2.49. The molecule has 1 heterocycles. The molecule has 102 valence electrons. The molecule has 1 N–H and O–H groups in total. The lowest BCUT2D eigenvalue weighted by Gasteiger charge is -2.26. The predicted molar refractivity (Wildman–Crippen MR) is 62.7 cm³/mol. The van der Waals surface area contributed by atoms with E-state index in [-0.39, 0.29) is 18.7 Å². The Kier molecular flexibility index (Phi) is 3.80. The summed E-state index contributed by atoms with van der Waals surface area (Å²) in [6.45, 7) is 1.17. The molecule has 1 saturated heterocycles. The van der Waals surface area contributed by atoms with Gasteiger partial charge in [-0.15, -0.1) is 0 Å². The smallest absolute Gasteiger partial charge is 0.249 e. The third kappa shape index (κ3) is 2.58. The number of halogens is 2. The van der Waals surface area contributed by atoms with Crippen molar-refractivity contribution in [2.45, 2.75) is 4.90 Å². The molecule has 1 aliphatic rings. The maximum atomic E-state index is 13.7. The second-order valence-corrected chi connectivity index (χ2v) is 5.91. The van der Waals surface area contributed by atoms with Crippen LogP contribution in [0.3, 0.4) is 0 Å². The lowest BCUT2D eigenvalue weighted by Crippen LogP contribution is -2.46. The van der Waals surface area contributed by atoms with Crippen LogP contribution in [0.2, 0.25) is 0 Å². The topological polar surface area (TPSA) is 73.2 Å². The van der Waals surface area contributed by atoms with Crippen molar-refractivity contribution in [2.75, 3.05) is 26.2 Å². The van der Waals surface area contributed by atoms with E-state index in [0.717, 1.165) is 16.4 Å². The highest BCUT2D eigenvalue weighted by Gasteiger charge is 2.31. The maximum absolute atomic E-state index is 13.7. The van der Waals surface area contributed by atoms with Gasteiger partial charge in [-0.1, -0.05) is 0 Å². The van der Waals surface area contributed by atoms with Gasteiger partial charge in [-0.25, -0.2) is 17.2 Å². The van der Waals surface area contributed by atoms with Gasteiger partial charge in [0.15, 0.2) is 4.90 Å². The van der Waals surface area contributed by atoms with E-state index < -0.39 is 26.6 Å². The Bertz CT molecular complexity index is 611. The summed E-state index contributed by atoms with van der Waals surface area (Å²) in [5.74, 6) is -2.48. The van der Waals surface area contributed by atoms with Gasteiger partial charge in [0.05, 0.1) is 11.6 Å². The van der Waals surface area contributed by atoms with Crippen molar-refractivity contribution in [3.63, 3.8) is 0 Å². The van der Waals surface area contributed by atoms with Gasteiger partial charge in [-0.05, 0) is 12.1 Å². The normalized spacial score (nSPS) is 17.1. The number of hydrogen-bond acceptors (Lipinski definition) is 4. The molecule has 1 aromatic carbocycles. The second-order valence-electron chi connectivity index (χ2n) is 4.03. The highest BCUT2D eigenvalue weighted by atomic mass is 32.2. The first-order valence-corrected chi connectivity index (χ1v) is 7.01. The van der Waals surface area contributed by atoms with Gasteiger partial charge in [0.2, 0.25) is 10.0 Å². The average Bonchev–Trinajstić information content (AvgIpc) is 2.38. The highest BCUT2D eigenvalue weighted by molar-refractivity contribution is 7.89. The van der Waals surface area contributed by atoms with Crippen LogP contribution in [0.15, 0.2) is 17.0 Å².